The molecule has 2 aromatic rings. The molecule has 3 nitrogen and oxygen atoms in total. The predicted molar refractivity (Wildman–Crippen MR) is 84.0 cm³/mol. The Morgan fingerprint density at radius 2 is 1.60 bits per heavy atom. The summed E-state index contributed by atoms with van der Waals surface area (Å²) in [6.45, 7) is 3.76. The van der Waals surface area contributed by atoms with Gasteiger partial charge in [-0.05, 0) is 55.8 Å². The summed E-state index contributed by atoms with van der Waals surface area (Å²) in [6, 6.07) is 14.4. The highest BCUT2D eigenvalue weighted by Crippen LogP contribution is 2.26. The van der Waals surface area contributed by atoms with Crippen LogP contribution < -0.4 is 11.1 Å². The number of amides is 1. The smallest absolute Gasteiger partial charge is 0.234 e. The van der Waals surface area contributed by atoms with Crippen molar-refractivity contribution in [3.63, 3.8) is 0 Å². The van der Waals surface area contributed by atoms with E-state index in [2.05, 4.69) is 5.32 Å². The van der Waals surface area contributed by atoms with Crippen LogP contribution in [-0.4, -0.2) is 5.91 Å². The molecule has 1 amide bonds. The topological polar surface area (TPSA) is 55.1 Å². The Morgan fingerprint density at radius 3 is 2.15 bits per heavy atom. The van der Waals surface area contributed by atoms with E-state index in [9.17, 15) is 4.79 Å². The molecular formula is C16H17ClN2O. The summed E-state index contributed by atoms with van der Waals surface area (Å²) in [5.74, 6) is -0.0791. The first-order chi connectivity index (χ1) is 9.39. The van der Waals surface area contributed by atoms with Crippen molar-refractivity contribution >= 4 is 28.9 Å². The van der Waals surface area contributed by atoms with Crippen molar-refractivity contribution in [2.45, 2.75) is 19.3 Å². The maximum Gasteiger partial charge on any atom is 0.234 e. The fourth-order valence-electron chi connectivity index (χ4n) is 1.85. The van der Waals surface area contributed by atoms with Gasteiger partial charge < -0.3 is 11.1 Å². The van der Waals surface area contributed by atoms with Crippen LogP contribution in [0.15, 0.2) is 48.5 Å². The Morgan fingerprint density at radius 1 is 1.05 bits per heavy atom. The quantitative estimate of drug-likeness (QED) is 0.843. The molecule has 0 bridgehead atoms. The van der Waals surface area contributed by atoms with Crippen molar-refractivity contribution in [3.8, 4) is 0 Å². The van der Waals surface area contributed by atoms with Gasteiger partial charge in [0.2, 0.25) is 5.91 Å². The van der Waals surface area contributed by atoms with E-state index < -0.39 is 5.41 Å². The first-order valence-corrected chi connectivity index (χ1v) is 6.70. The monoisotopic (exact) mass is 288 g/mol. The largest absolute Gasteiger partial charge is 0.399 e. The van der Waals surface area contributed by atoms with E-state index in [-0.39, 0.29) is 5.91 Å². The van der Waals surface area contributed by atoms with Crippen molar-refractivity contribution < 1.29 is 4.79 Å². The molecule has 0 unspecified atom stereocenters. The predicted octanol–water partition coefficient (Wildman–Crippen LogP) is 3.84. The molecule has 0 saturated heterocycles. The van der Waals surface area contributed by atoms with Crippen LogP contribution in [0.5, 0.6) is 0 Å². The number of carbonyl (C=O) groups excluding carboxylic acids is 1. The Kier molecular flexibility index (Phi) is 4.00. The van der Waals surface area contributed by atoms with E-state index in [4.69, 9.17) is 17.3 Å². The molecule has 4 heteroatoms. The van der Waals surface area contributed by atoms with Crippen LogP contribution in [0, 0.1) is 0 Å². The minimum absolute atomic E-state index is 0.0791. The number of nitrogens with one attached hydrogen (secondary N) is 1. The number of nitrogen functional groups attached to an aromatic ring is 1. The van der Waals surface area contributed by atoms with Gasteiger partial charge in [-0.3, -0.25) is 4.79 Å². The fourth-order valence-corrected chi connectivity index (χ4v) is 1.98. The fraction of sp³-hybridized carbons (Fsp3) is 0.188. The molecule has 2 rings (SSSR count). The van der Waals surface area contributed by atoms with Gasteiger partial charge in [-0.15, -0.1) is 0 Å². The number of halogens is 1. The van der Waals surface area contributed by atoms with Crippen LogP contribution >= 0.6 is 11.6 Å². The van der Waals surface area contributed by atoms with E-state index in [0.717, 1.165) is 11.3 Å². The zero-order chi connectivity index (χ0) is 14.8. The Bertz CT molecular complexity index is 603. The van der Waals surface area contributed by atoms with Crippen molar-refractivity contribution in [2.24, 2.45) is 0 Å². The second-order valence-electron chi connectivity index (χ2n) is 5.21. The minimum Gasteiger partial charge on any atom is -0.399 e. The number of rotatable bonds is 3. The Labute approximate surface area is 123 Å². The summed E-state index contributed by atoms with van der Waals surface area (Å²) in [4.78, 5) is 12.4. The van der Waals surface area contributed by atoms with Crippen LogP contribution in [-0.2, 0) is 10.2 Å². The summed E-state index contributed by atoms with van der Waals surface area (Å²) in [7, 11) is 0. The van der Waals surface area contributed by atoms with Crippen LogP contribution in [0.2, 0.25) is 5.02 Å². The summed E-state index contributed by atoms with van der Waals surface area (Å²) in [5, 5.41) is 3.53. The molecule has 104 valence electrons. The number of hydrogen-bond acceptors (Lipinski definition) is 2. The first-order valence-electron chi connectivity index (χ1n) is 6.32. The van der Waals surface area contributed by atoms with Gasteiger partial charge in [0.1, 0.15) is 0 Å². The van der Waals surface area contributed by atoms with E-state index in [1.807, 2.05) is 26.0 Å². The van der Waals surface area contributed by atoms with E-state index in [0.29, 0.717) is 10.7 Å². The summed E-state index contributed by atoms with van der Waals surface area (Å²) in [6.07, 6.45) is 0. The minimum atomic E-state index is -0.645. The molecule has 20 heavy (non-hydrogen) atoms. The highest BCUT2D eigenvalue weighted by atomic mass is 35.5. The van der Waals surface area contributed by atoms with Gasteiger partial charge in [-0.2, -0.15) is 0 Å². The first kappa shape index (κ1) is 14.4. The number of anilines is 2. The van der Waals surface area contributed by atoms with Gasteiger partial charge in [-0.1, -0.05) is 23.7 Å². The van der Waals surface area contributed by atoms with Crippen LogP contribution in [0.4, 0.5) is 11.4 Å². The maximum atomic E-state index is 12.4. The van der Waals surface area contributed by atoms with Crippen LogP contribution in [0.1, 0.15) is 19.4 Å². The molecule has 2 aromatic carbocycles. The number of hydrogen-bond donors (Lipinski definition) is 2. The Hall–Kier alpha value is -2.00. The summed E-state index contributed by atoms with van der Waals surface area (Å²) < 4.78 is 0. The third-order valence-corrected chi connectivity index (χ3v) is 3.55. The number of benzene rings is 2. The molecule has 0 aromatic heterocycles. The molecule has 0 aliphatic carbocycles. The molecule has 0 fully saturated rings. The lowest BCUT2D eigenvalue weighted by Crippen LogP contribution is -2.34. The van der Waals surface area contributed by atoms with Crippen molar-refractivity contribution in [1.82, 2.24) is 0 Å². The third-order valence-electron chi connectivity index (χ3n) is 3.30. The standard InChI is InChI=1S/C16H17ClN2O/c1-16(2,11-3-7-13(18)8-4-11)15(20)19-14-9-5-12(17)6-10-14/h3-10H,18H2,1-2H3,(H,19,20). The van der Waals surface area contributed by atoms with Gasteiger partial charge in [0.15, 0.2) is 0 Å². The van der Waals surface area contributed by atoms with Gasteiger partial charge >= 0.3 is 0 Å². The zero-order valence-corrected chi connectivity index (χ0v) is 12.2. The van der Waals surface area contributed by atoms with Crippen molar-refractivity contribution in [2.75, 3.05) is 11.1 Å². The lowest BCUT2D eigenvalue weighted by Gasteiger charge is -2.24. The molecule has 0 aliphatic heterocycles. The molecule has 0 atom stereocenters. The highest BCUT2D eigenvalue weighted by Gasteiger charge is 2.29. The third kappa shape index (κ3) is 3.11. The second kappa shape index (κ2) is 5.55. The second-order valence-corrected chi connectivity index (χ2v) is 5.64. The molecule has 0 radical (unpaired) electrons. The molecular weight excluding hydrogens is 272 g/mol. The van der Waals surface area contributed by atoms with Gasteiger partial charge in [-0.25, -0.2) is 0 Å². The van der Waals surface area contributed by atoms with Crippen LogP contribution in [0.3, 0.4) is 0 Å². The van der Waals surface area contributed by atoms with E-state index in [1.165, 1.54) is 0 Å². The maximum absolute atomic E-state index is 12.4. The summed E-state index contributed by atoms with van der Waals surface area (Å²) >= 11 is 5.82. The molecule has 3 N–H and O–H groups in total. The van der Waals surface area contributed by atoms with E-state index >= 15 is 0 Å². The molecule has 0 saturated carbocycles. The lowest BCUT2D eigenvalue weighted by molar-refractivity contribution is -0.120. The number of nitrogens with two attached hydrogens (primary N) is 1. The van der Waals surface area contributed by atoms with Gasteiger partial charge in [0.05, 0.1) is 5.41 Å². The molecule has 0 heterocycles. The summed E-state index contributed by atoms with van der Waals surface area (Å²) in [5.41, 5.74) is 7.35. The van der Waals surface area contributed by atoms with Gasteiger partial charge in [0, 0.05) is 16.4 Å². The Balaban J connectivity index is 2.18. The molecule has 0 spiro atoms. The SMILES string of the molecule is CC(C)(C(=O)Nc1ccc(Cl)cc1)c1ccc(N)cc1. The zero-order valence-electron chi connectivity index (χ0n) is 11.5. The average molecular weight is 289 g/mol. The van der Waals surface area contributed by atoms with Crippen molar-refractivity contribution in [1.29, 1.82) is 0 Å². The van der Waals surface area contributed by atoms with Crippen molar-refractivity contribution in [3.05, 3.63) is 59.1 Å². The molecule has 0 aliphatic rings. The van der Waals surface area contributed by atoms with E-state index in [1.54, 1.807) is 36.4 Å². The van der Waals surface area contributed by atoms with Crippen LogP contribution in [0.25, 0.3) is 0 Å². The normalized spacial score (nSPS) is 11.2. The average Bonchev–Trinajstić information content (AvgIpc) is 2.42. The highest BCUT2D eigenvalue weighted by molar-refractivity contribution is 6.30. The lowest BCUT2D eigenvalue weighted by atomic mass is 9.83. The number of carbonyl (C=O) groups is 1. The van der Waals surface area contributed by atoms with Gasteiger partial charge in [0.25, 0.3) is 0 Å².